The summed E-state index contributed by atoms with van der Waals surface area (Å²) in [6.45, 7) is 0. The van der Waals surface area contributed by atoms with Crippen LogP contribution in [0.25, 0.3) is 0 Å². The first kappa shape index (κ1) is 12.2. The van der Waals surface area contributed by atoms with Crippen molar-refractivity contribution in [2.75, 3.05) is 0 Å². The molecule has 2 aliphatic rings. The highest BCUT2D eigenvalue weighted by Crippen LogP contribution is 2.31. The molecular weight excluding hydrogens is 226 g/mol. The van der Waals surface area contributed by atoms with Crippen LogP contribution in [0, 0.1) is 0 Å². The van der Waals surface area contributed by atoms with Gasteiger partial charge in [0.05, 0.1) is 12.4 Å². The minimum atomic E-state index is -0.0592. The quantitative estimate of drug-likeness (QED) is 0.860. The Morgan fingerprint density at radius 2 is 1.94 bits per heavy atom. The van der Waals surface area contributed by atoms with E-state index in [9.17, 15) is 5.11 Å². The van der Waals surface area contributed by atoms with E-state index in [1.807, 2.05) is 12.5 Å². The van der Waals surface area contributed by atoms with Crippen molar-refractivity contribution in [3.63, 3.8) is 0 Å². The molecule has 3 rings (SSSR count). The number of hydrogen-bond donors (Lipinski definition) is 2. The van der Waals surface area contributed by atoms with Gasteiger partial charge in [0.25, 0.3) is 0 Å². The van der Waals surface area contributed by atoms with E-state index in [1.54, 1.807) is 0 Å². The lowest BCUT2D eigenvalue weighted by atomic mass is 9.92. The Morgan fingerprint density at radius 3 is 2.67 bits per heavy atom. The molecule has 0 aromatic carbocycles. The van der Waals surface area contributed by atoms with E-state index in [0.717, 1.165) is 25.7 Å². The van der Waals surface area contributed by atoms with Gasteiger partial charge in [-0.2, -0.15) is 0 Å². The molecule has 1 heterocycles. The van der Waals surface area contributed by atoms with Gasteiger partial charge in [-0.3, -0.25) is 0 Å². The minimum Gasteiger partial charge on any atom is -0.393 e. The van der Waals surface area contributed by atoms with Crippen molar-refractivity contribution in [2.45, 2.75) is 69.2 Å². The van der Waals surface area contributed by atoms with E-state index in [2.05, 4.69) is 21.1 Å². The first-order valence-electron chi connectivity index (χ1n) is 7.24. The van der Waals surface area contributed by atoms with Crippen LogP contribution in [0.2, 0.25) is 0 Å². The molecule has 0 spiro atoms. The van der Waals surface area contributed by atoms with Gasteiger partial charge in [-0.15, -0.1) is 0 Å². The van der Waals surface area contributed by atoms with E-state index >= 15 is 0 Å². The third-order valence-corrected chi connectivity index (χ3v) is 4.53. The lowest BCUT2D eigenvalue weighted by Gasteiger charge is -2.31. The van der Waals surface area contributed by atoms with Crippen LogP contribution in [0.1, 0.15) is 51.0 Å². The van der Waals surface area contributed by atoms with Crippen LogP contribution in [0.15, 0.2) is 18.7 Å². The Morgan fingerprint density at radius 1 is 1.11 bits per heavy atom. The number of rotatable bonds is 3. The maximum absolute atomic E-state index is 9.55. The molecule has 2 unspecified atom stereocenters. The number of imidazole rings is 1. The summed E-state index contributed by atoms with van der Waals surface area (Å²) in [4.78, 5) is 4.16. The van der Waals surface area contributed by atoms with Gasteiger partial charge in [-0.05, 0) is 44.9 Å². The number of aromatic nitrogens is 2. The van der Waals surface area contributed by atoms with Crippen molar-refractivity contribution in [3.05, 3.63) is 18.7 Å². The fourth-order valence-electron chi connectivity index (χ4n) is 3.50. The van der Waals surface area contributed by atoms with Crippen molar-refractivity contribution in [1.82, 2.24) is 14.9 Å². The van der Waals surface area contributed by atoms with E-state index in [0.29, 0.717) is 18.1 Å². The van der Waals surface area contributed by atoms with E-state index in [4.69, 9.17) is 0 Å². The fourth-order valence-corrected chi connectivity index (χ4v) is 3.50. The topological polar surface area (TPSA) is 50.1 Å². The Balaban J connectivity index is 1.58. The summed E-state index contributed by atoms with van der Waals surface area (Å²) in [7, 11) is 0. The number of nitrogens with one attached hydrogen (secondary N) is 1. The zero-order valence-corrected chi connectivity index (χ0v) is 10.8. The molecule has 4 nitrogen and oxygen atoms in total. The van der Waals surface area contributed by atoms with Gasteiger partial charge in [0.2, 0.25) is 0 Å². The fraction of sp³-hybridized carbons (Fsp3) is 0.786. The summed E-state index contributed by atoms with van der Waals surface area (Å²) in [5.41, 5.74) is 0. The molecule has 2 atom stereocenters. The summed E-state index contributed by atoms with van der Waals surface area (Å²) in [6.07, 6.45) is 13.8. The highest BCUT2D eigenvalue weighted by atomic mass is 16.3. The molecule has 1 aromatic heterocycles. The smallest absolute Gasteiger partial charge is 0.0949 e. The van der Waals surface area contributed by atoms with Crippen molar-refractivity contribution in [3.8, 4) is 0 Å². The molecule has 2 N–H and O–H groups in total. The summed E-state index contributed by atoms with van der Waals surface area (Å²) in [5.74, 6) is 0. The van der Waals surface area contributed by atoms with Gasteiger partial charge >= 0.3 is 0 Å². The Hall–Kier alpha value is -0.870. The first-order chi connectivity index (χ1) is 8.83. The monoisotopic (exact) mass is 249 g/mol. The Bertz CT molecular complexity index is 357. The van der Waals surface area contributed by atoms with Crippen molar-refractivity contribution >= 4 is 0 Å². The van der Waals surface area contributed by atoms with Crippen LogP contribution in [-0.4, -0.2) is 32.8 Å². The largest absolute Gasteiger partial charge is 0.393 e. The highest BCUT2D eigenvalue weighted by Gasteiger charge is 2.31. The van der Waals surface area contributed by atoms with Gasteiger partial charge in [0, 0.05) is 30.5 Å². The van der Waals surface area contributed by atoms with Crippen molar-refractivity contribution in [1.29, 1.82) is 0 Å². The third-order valence-electron chi connectivity index (χ3n) is 4.53. The number of aliphatic hydroxyl groups is 1. The number of aliphatic hydroxyl groups excluding tert-OH is 1. The van der Waals surface area contributed by atoms with Gasteiger partial charge in [0.1, 0.15) is 0 Å². The van der Waals surface area contributed by atoms with Gasteiger partial charge < -0.3 is 15.0 Å². The highest BCUT2D eigenvalue weighted by molar-refractivity contribution is 4.93. The maximum Gasteiger partial charge on any atom is 0.0949 e. The summed E-state index contributed by atoms with van der Waals surface area (Å²) < 4.78 is 2.25. The summed E-state index contributed by atoms with van der Waals surface area (Å²) in [6, 6.07) is 1.75. The average molecular weight is 249 g/mol. The van der Waals surface area contributed by atoms with Crippen LogP contribution in [0.4, 0.5) is 0 Å². The van der Waals surface area contributed by atoms with Crippen LogP contribution in [0.5, 0.6) is 0 Å². The van der Waals surface area contributed by atoms with Crippen molar-refractivity contribution in [2.24, 2.45) is 0 Å². The van der Waals surface area contributed by atoms with Gasteiger partial charge in [-0.25, -0.2) is 4.98 Å². The predicted molar refractivity (Wildman–Crippen MR) is 70.3 cm³/mol. The lowest BCUT2D eigenvalue weighted by molar-refractivity contribution is 0.112. The number of nitrogens with zero attached hydrogens (tertiary/aromatic N) is 2. The third kappa shape index (κ3) is 2.59. The lowest BCUT2D eigenvalue weighted by Crippen LogP contribution is -2.43. The molecule has 0 aliphatic heterocycles. The molecule has 2 saturated carbocycles. The standard InChI is InChI=1S/C14H23N3O/c18-12-6-4-11(5-7-12)16-13-2-1-3-14(13)17-9-8-15-10-17/h8-14,16,18H,1-7H2. The van der Waals surface area contributed by atoms with Crippen LogP contribution in [0.3, 0.4) is 0 Å². The minimum absolute atomic E-state index is 0.0592. The van der Waals surface area contributed by atoms with E-state index in [1.165, 1.54) is 19.3 Å². The molecule has 1 aromatic rings. The first-order valence-corrected chi connectivity index (χ1v) is 7.24. The Kier molecular flexibility index (Phi) is 3.66. The van der Waals surface area contributed by atoms with Gasteiger partial charge in [0.15, 0.2) is 0 Å². The molecule has 18 heavy (non-hydrogen) atoms. The molecule has 0 bridgehead atoms. The zero-order chi connectivity index (χ0) is 12.4. The maximum atomic E-state index is 9.55. The predicted octanol–water partition coefficient (Wildman–Crippen LogP) is 1.87. The molecule has 0 radical (unpaired) electrons. The zero-order valence-electron chi connectivity index (χ0n) is 10.8. The van der Waals surface area contributed by atoms with Crippen molar-refractivity contribution < 1.29 is 5.11 Å². The molecule has 100 valence electrons. The van der Waals surface area contributed by atoms with Crippen LogP contribution in [-0.2, 0) is 0 Å². The SMILES string of the molecule is OC1CCC(NC2CCCC2n2ccnc2)CC1. The van der Waals surface area contributed by atoms with Crippen LogP contribution < -0.4 is 5.32 Å². The molecule has 0 saturated heterocycles. The molecule has 2 aliphatic carbocycles. The second-order valence-corrected chi connectivity index (χ2v) is 5.79. The molecular formula is C14H23N3O. The second kappa shape index (κ2) is 5.41. The Labute approximate surface area is 108 Å². The summed E-state index contributed by atoms with van der Waals surface area (Å²) >= 11 is 0. The van der Waals surface area contributed by atoms with Gasteiger partial charge in [-0.1, -0.05) is 0 Å². The average Bonchev–Trinajstić information content (AvgIpc) is 3.02. The number of hydrogen-bond acceptors (Lipinski definition) is 3. The van der Waals surface area contributed by atoms with E-state index < -0.39 is 0 Å². The van der Waals surface area contributed by atoms with Crippen LogP contribution >= 0.6 is 0 Å². The second-order valence-electron chi connectivity index (χ2n) is 5.79. The molecule has 0 amide bonds. The summed E-state index contributed by atoms with van der Waals surface area (Å²) in [5, 5.41) is 13.4. The molecule has 4 heteroatoms. The molecule has 2 fully saturated rings. The normalized spacial score (nSPS) is 36.9. The van der Waals surface area contributed by atoms with E-state index in [-0.39, 0.29) is 6.10 Å².